The average Bonchev–Trinajstić information content (AvgIpc) is 2.70. The summed E-state index contributed by atoms with van der Waals surface area (Å²) < 4.78 is 1.20. The van der Waals surface area contributed by atoms with Crippen molar-refractivity contribution < 1.29 is 4.79 Å². The summed E-state index contributed by atoms with van der Waals surface area (Å²) in [5.41, 5.74) is 0.367. The average molecular weight is 416 g/mol. The second-order valence-electron chi connectivity index (χ2n) is 6.63. The first-order valence-electron chi connectivity index (χ1n) is 8.96. The van der Waals surface area contributed by atoms with Gasteiger partial charge < -0.3 is 5.32 Å². The Morgan fingerprint density at radius 1 is 1.21 bits per heavy atom. The Balaban J connectivity index is 1.49. The third-order valence-electron chi connectivity index (χ3n) is 4.79. The molecular formula is C20H18ClN3O3S. The van der Waals surface area contributed by atoms with Crippen LogP contribution in [-0.2, 0) is 11.3 Å². The predicted molar refractivity (Wildman–Crippen MR) is 111 cm³/mol. The second kappa shape index (κ2) is 7.85. The zero-order valence-corrected chi connectivity index (χ0v) is 16.5. The van der Waals surface area contributed by atoms with Crippen molar-refractivity contribution in [1.82, 2.24) is 15.1 Å². The maximum absolute atomic E-state index is 12.5. The van der Waals surface area contributed by atoms with Crippen LogP contribution in [0.4, 0.5) is 0 Å². The molecule has 2 N–H and O–H groups in total. The van der Waals surface area contributed by atoms with Crippen LogP contribution in [0.1, 0.15) is 24.4 Å². The fourth-order valence-electron chi connectivity index (χ4n) is 3.40. The molecule has 144 valence electrons. The number of aromatic amines is 1. The van der Waals surface area contributed by atoms with Gasteiger partial charge in [0.2, 0.25) is 5.91 Å². The molecule has 6 nitrogen and oxygen atoms in total. The van der Waals surface area contributed by atoms with Crippen LogP contribution in [0.15, 0.2) is 56.9 Å². The number of carbonyl (C=O) groups is 1. The van der Waals surface area contributed by atoms with Crippen LogP contribution in [0.2, 0.25) is 5.02 Å². The van der Waals surface area contributed by atoms with E-state index in [1.807, 2.05) is 18.2 Å². The molecule has 0 spiro atoms. The highest BCUT2D eigenvalue weighted by molar-refractivity contribution is 7.99. The molecule has 2 aromatic carbocycles. The highest BCUT2D eigenvalue weighted by Crippen LogP contribution is 2.37. The maximum atomic E-state index is 12.5. The van der Waals surface area contributed by atoms with Crippen molar-refractivity contribution in [2.45, 2.75) is 30.3 Å². The number of hydrogen-bond acceptors (Lipinski definition) is 4. The number of fused-ring (bicyclic) bond motifs is 2. The monoisotopic (exact) mass is 415 g/mol. The number of aryl methyl sites for hydroxylation is 1. The van der Waals surface area contributed by atoms with Crippen molar-refractivity contribution in [3.8, 4) is 0 Å². The minimum absolute atomic E-state index is 0.0910. The summed E-state index contributed by atoms with van der Waals surface area (Å²) in [6.45, 7) is 0.106. The summed E-state index contributed by atoms with van der Waals surface area (Å²) in [5, 5.41) is 6.91. The largest absolute Gasteiger partial charge is 0.349 e. The van der Waals surface area contributed by atoms with Gasteiger partial charge >= 0.3 is 0 Å². The molecule has 2 heterocycles. The van der Waals surface area contributed by atoms with Gasteiger partial charge in [0.05, 0.1) is 23.4 Å². The number of amides is 1. The number of hydrogen-bond donors (Lipinski definition) is 2. The number of nitrogens with one attached hydrogen (secondary N) is 2. The lowest BCUT2D eigenvalue weighted by atomic mass is 10.0. The van der Waals surface area contributed by atoms with Crippen molar-refractivity contribution >= 4 is 40.0 Å². The number of thioether (sulfide) groups is 1. The summed E-state index contributed by atoms with van der Waals surface area (Å²) in [7, 11) is 0. The maximum Gasteiger partial charge on any atom is 0.273 e. The predicted octanol–water partition coefficient (Wildman–Crippen LogP) is 3.09. The molecule has 0 aliphatic carbocycles. The molecule has 1 amide bonds. The highest BCUT2D eigenvalue weighted by Gasteiger charge is 2.22. The van der Waals surface area contributed by atoms with Crippen LogP contribution in [0.3, 0.4) is 0 Å². The van der Waals surface area contributed by atoms with E-state index in [1.165, 1.54) is 4.68 Å². The zero-order valence-electron chi connectivity index (χ0n) is 14.9. The lowest BCUT2D eigenvalue weighted by Crippen LogP contribution is -2.34. The van der Waals surface area contributed by atoms with E-state index in [1.54, 1.807) is 36.0 Å². The fourth-order valence-corrected chi connectivity index (χ4v) is 4.69. The molecule has 0 saturated carbocycles. The zero-order chi connectivity index (χ0) is 19.7. The Bertz CT molecular complexity index is 1170. The van der Waals surface area contributed by atoms with Gasteiger partial charge in [-0.2, -0.15) is 0 Å². The Morgan fingerprint density at radius 2 is 2.00 bits per heavy atom. The van der Waals surface area contributed by atoms with Crippen molar-refractivity contribution in [2.75, 3.05) is 5.75 Å². The lowest BCUT2D eigenvalue weighted by molar-refractivity contribution is -0.122. The summed E-state index contributed by atoms with van der Waals surface area (Å²) in [6.07, 6.45) is 0.907. The van der Waals surface area contributed by atoms with Gasteiger partial charge in [-0.15, -0.1) is 11.8 Å². The fraction of sp³-hybridized carbons (Fsp3) is 0.250. The number of halogens is 1. The number of aromatic nitrogens is 2. The minimum atomic E-state index is -0.344. The van der Waals surface area contributed by atoms with Gasteiger partial charge in [0.15, 0.2) is 0 Å². The van der Waals surface area contributed by atoms with E-state index in [0.717, 1.165) is 22.6 Å². The van der Waals surface area contributed by atoms with Crippen molar-refractivity contribution in [2.24, 2.45) is 0 Å². The Hall–Kier alpha value is -2.51. The van der Waals surface area contributed by atoms with Gasteiger partial charge in [-0.1, -0.05) is 23.7 Å². The first kappa shape index (κ1) is 18.8. The van der Waals surface area contributed by atoms with E-state index in [2.05, 4.69) is 10.4 Å². The molecule has 1 aliphatic heterocycles. The molecule has 1 aliphatic rings. The summed E-state index contributed by atoms with van der Waals surface area (Å²) in [4.78, 5) is 38.3. The molecular weight excluding hydrogens is 398 g/mol. The highest BCUT2D eigenvalue weighted by atomic mass is 35.5. The summed E-state index contributed by atoms with van der Waals surface area (Å²) >= 11 is 7.85. The summed E-state index contributed by atoms with van der Waals surface area (Å²) in [6, 6.07) is 12.2. The molecule has 0 unspecified atom stereocenters. The van der Waals surface area contributed by atoms with E-state index < -0.39 is 0 Å². The smallest absolute Gasteiger partial charge is 0.273 e. The Morgan fingerprint density at radius 3 is 2.82 bits per heavy atom. The van der Waals surface area contributed by atoms with E-state index in [0.29, 0.717) is 15.8 Å². The molecule has 0 radical (unpaired) electrons. The van der Waals surface area contributed by atoms with Crippen molar-refractivity contribution in [3.05, 3.63) is 73.8 Å². The van der Waals surface area contributed by atoms with Gasteiger partial charge in [-0.05, 0) is 42.3 Å². The van der Waals surface area contributed by atoms with Gasteiger partial charge in [0.1, 0.15) is 0 Å². The first-order chi connectivity index (χ1) is 13.5. The molecule has 28 heavy (non-hydrogen) atoms. The minimum Gasteiger partial charge on any atom is -0.349 e. The number of benzene rings is 2. The number of carbonyl (C=O) groups excluding carboxylic acids is 1. The Labute approximate surface area is 169 Å². The van der Waals surface area contributed by atoms with Crippen LogP contribution >= 0.6 is 23.4 Å². The third kappa shape index (κ3) is 3.72. The van der Waals surface area contributed by atoms with Crippen LogP contribution in [0, 0.1) is 0 Å². The van der Waals surface area contributed by atoms with Gasteiger partial charge in [-0.3, -0.25) is 19.5 Å². The molecule has 4 rings (SSSR count). The molecule has 1 aromatic heterocycles. The lowest BCUT2D eigenvalue weighted by Gasteiger charge is -2.26. The van der Waals surface area contributed by atoms with Crippen LogP contribution < -0.4 is 16.4 Å². The SMILES string of the molecule is O=C(CCn1[nH]c(=O)c2ccccc2c1=O)N[C@@H]1CCSc2ccc(Cl)cc21. The van der Waals surface area contributed by atoms with E-state index in [9.17, 15) is 14.4 Å². The van der Waals surface area contributed by atoms with E-state index in [4.69, 9.17) is 11.6 Å². The van der Waals surface area contributed by atoms with Crippen LogP contribution in [-0.4, -0.2) is 21.4 Å². The second-order valence-corrected chi connectivity index (χ2v) is 8.21. The molecule has 0 fully saturated rings. The third-order valence-corrected chi connectivity index (χ3v) is 6.15. The van der Waals surface area contributed by atoms with Crippen LogP contribution in [0.5, 0.6) is 0 Å². The molecule has 8 heteroatoms. The van der Waals surface area contributed by atoms with Crippen molar-refractivity contribution in [3.63, 3.8) is 0 Å². The van der Waals surface area contributed by atoms with Crippen molar-refractivity contribution in [1.29, 1.82) is 0 Å². The molecule has 3 aromatic rings. The van der Waals surface area contributed by atoms with Gasteiger partial charge in [0, 0.05) is 22.1 Å². The number of H-pyrrole nitrogens is 1. The van der Waals surface area contributed by atoms with E-state index in [-0.39, 0.29) is 36.0 Å². The number of nitrogens with zero attached hydrogens (tertiary/aromatic N) is 1. The first-order valence-corrected chi connectivity index (χ1v) is 10.3. The van der Waals surface area contributed by atoms with Gasteiger partial charge in [-0.25, -0.2) is 4.68 Å². The molecule has 0 saturated heterocycles. The normalized spacial score (nSPS) is 16.0. The Kier molecular flexibility index (Phi) is 5.28. The molecule has 0 bridgehead atoms. The van der Waals surface area contributed by atoms with Crippen LogP contribution in [0.25, 0.3) is 10.8 Å². The van der Waals surface area contributed by atoms with Gasteiger partial charge in [0.25, 0.3) is 11.1 Å². The van der Waals surface area contributed by atoms with E-state index >= 15 is 0 Å². The molecule has 1 atom stereocenters. The quantitative estimate of drug-likeness (QED) is 0.685. The standard InChI is InChI=1S/C20H18ClN3O3S/c21-12-5-6-17-15(11-12)16(8-10-28-17)22-18(25)7-9-24-20(27)14-4-2-1-3-13(14)19(26)23-24/h1-6,11,16H,7-10H2,(H,22,25)(H,23,26)/t16-/m1/s1. The summed E-state index contributed by atoms with van der Waals surface area (Å²) in [5.74, 6) is 0.737. The topological polar surface area (TPSA) is 84.0 Å². The number of rotatable bonds is 4.